The van der Waals surface area contributed by atoms with Gasteiger partial charge in [0.05, 0.1) is 0 Å². The number of hydrogen-bond acceptors (Lipinski definition) is 2. The van der Waals surface area contributed by atoms with E-state index in [1.165, 1.54) is 24.0 Å². The van der Waals surface area contributed by atoms with E-state index in [2.05, 4.69) is 58.0 Å². The van der Waals surface area contributed by atoms with Gasteiger partial charge in [-0.25, -0.2) is 0 Å². The molecule has 0 saturated carbocycles. The highest BCUT2D eigenvalue weighted by Crippen LogP contribution is 2.47. The second-order valence-corrected chi connectivity index (χ2v) is 7.78. The molecule has 0 saturated heterocycles. The molecule has 1 aromatic rings. The standard InChI is InChI=1S/C23H34O2/c1-18(2)10-8-13-21-14-9-11-19(3)23(21,4)16-20-12-6-7-15-22(20)25-17-24-5/h6-7,10,12,14-15,19H,8-9,11,13,16-17H2,1-5H3/t19-,23+/m0/s1. The van der Waals surface area contributed by atoms with E-state index in [-0.39, 0.29) is 5.41 Å². The van der Waals surface area contributed by atoms with Gasteiger partial charge in [-0.3, -0.25) is 0 Å². The summed E-state index contributed by atoms with van der Waals surface area (Å²) in [5, 5.41) is 0. The zero-order valence-electron chi connectivity index (χ0n) is 16.6. The molecule has 0 spiro atoms. The molecule has 25 heavy (non-hydrogen) atoms. The summed E-state index contributed by atoms with van der Waals surface area (Å²) in [6.07, 6.45) is 10.7. The van der Waals surface area contributed by atoms with Gasteiger partial charge in [0.15, 0.2) is 6.79 Å². The maximum Gasteiger partial charge on any atom is 0.188 e. The molecule has 0 heterocycles. The van der Waals surface area contributed by atoms with Crippen LogP contribution in [0.5, 0.6) is 5.75 Å². The predicted molar refractivity (Wildman–Crippen MR) is 106 cm³/mol. The quantitative estimate of drug-likeness (QED) is 0.406. The molecule has 0 unspecified atom stereocenters. The molecule has 1 aliphatic rings. The van der Waals surface area contributed by atoms with Crippen LogP contribution < -0.4 is 4.74 Å². The maximum absolute atomic E-state index is 5.80. The Balaban J connectivity index is 2.22. The third-order valence-electron chi connectivity index (χ3n) is 5.64. The number of para-hydroxylation sites is 1. The molecule has 0 radical (unpaired) electrons. The summed E-state index contributed by atoms with van der Waals surface area (Å²) < 4.78 is 10.9. The SMILES string of the molecule is COCOc1ccccc1C[C@@]1(C)C(CCC=C(C)C)=CCC[C@@H]1C. The van der Waals surface area contributed by atoms with Gasteiger partial charge in [-0.15, -0.1) is 0 Å². The number of methoxy groups -OCH3 is 1. The van der Waals surface area contributed by atoms with Crippen LogP contribution in [-0.2, 0) is 11.2 Å². The van der Waals surface area contributed by atoms with E-state index in [0.29, 0.717) is 12.7 Å². The van der Waals surface area contributed by atoms with E-state index in [0.717, 1.165) is 25.0 Å². The van der Waals surface area contributed by atoms with Crippen LogP contribution in [0.2, 0.25) is 0 Å². The molecule has 2 atom stereocenters. The van der Waals surface area contributed by atoms with Crippen LogP contribution >= 0.6 is 0 Å². The largest absolute Gasteiger partial charge is 0.467 e. The highest BCUT2D eigenvalue weighted by atomic mass is 16.7. The Labute approximate surface area is 153 Å². The molecule has 0 aliphatic heterocycles. The van der Waals surface area contributed by atoms with Crippen molar-refractivity contribution in [2.75, 3.05) is 13.9 Å². The van der Waals surface area contributed by atoms with Crippen molar-refractivity contribution in [1.82, 2.24) is 0 Å². The first kappa shape index (κ1) is 19.8. The van der Waals surface area contributed by atoms with Crippen molar-refractivity contribution >= 4 is 0 Å². The van der Waals surface area contributed by atoms with Gasteiger partial charge in [0.25, 0.3) is 0 Å². The molecular formula is C23H34O2. The van der Waals surface area contributed by atoms with Crippen LogP contribution in [-0.4, -0.2) is 13.9 Å². The highest BCUT2D eigenvalue weighted by Gasteiger charge is 2.37. The summed E-state index contributed by atoms with van der Waals surface area (Å²) in [5.41, 5.74) is 4.50. The number of hydrogen-bond donors (Lipinski definition) is 0. The molecule has 138 valence electrons. The van der Waals surface area contributed by atoms with Gasteiger partial charge < -0.3 is 9.47 Å². The van der Waals surface area contributed by atoms with Crippen LogP contribution in [0.4, 0.5) is 0 Å². The lowest BCUT2D eigenvalue weighted by Crippen LogP contribution is -2.33. The number of allylic oxidation sites excluding steroid dienone is 4. The minimum atomic E-state index is 0.195. The molecule has 2 rings (SSSR count). The van der Waals surface area contributed by atoms with E-state index >= 15 is 0 Å². The van der Waals surface area contributed by atoms with Crippen LogP contribution in [0.15, 0.2) is 47.6 Å². The molecule has 2 heteroatoms. The van der Waals surface area contributed by atoms with E-state index < -0.39 is 0 Å². The lowest BCUT2D eigenvalue weighted by Gasteiger charge is -2.42. The Hall–Kier alpha value is -1.54. The van der Waals surface area contributed by atoms with Crippen molar-refractivity contribution in [2.24, 2.45) is 11.3 Å². The average Bonchev–Trinajstić information content (AvgIpc) is 2.58. The first-order valence-electron chi connectivity index (χ1n) is 9.50. The lowest BCUT2D eigenvalue weighted by atomic mass is 9.63. The Morgan fingerprint density at radius 1 is 1.28 bits per heavy atom. The summed E-state index contributed by atoms with van der Waals surface area (Å²) in [4.78, 5) is 0. The average molecular weight is 343 g/mol. The molecule has 0 bridgehead atoms. The summed E-state index contributed by atoms with van der Waals surface area (Å²) >= 11 is 0. The fourth-order valence-corrected chi connectivity index (χ4v) is 3.88. The van der Waals surface area contributed by atoms with Crippen molar-refractivity contribution in [3.8, 4) is 5.75 Å². The van der Waals surface area contributed by atoms with Gasteiger partial charge in [-0.05, 0) is 68.9 Å². The monoisotopic (exact) mass is 342 g/mol. The third-order valence-corrected chi connectivity index (χ3v) is 5.64. The first-order chi connectivity index (χ1) is 12.0. The second-order valence-electron chi connectivity index (χ2n) is 7.78. The highest BCUT2D eigenvalue weighted by molar-refractivity contribution is 5.36. The minimum absolute atomic E-state index is 0.195. The van der Waals surface area contributed by atoms with Crippen LogP contribution in [0.25, 0.3) is 0 Å². The molecule has 0 fully saturated rings. The van der Waals surface area contributed by atoms with Gasteiger partial charge in [-0.1, -0.05) is 55.3 Å². The zero-order chi connectivity index (χ0) is 18.3. The van der Waals surface area contributed by atoms with E-state index in [1.54, 1.807) is 12.7 Å². The molecule has 0 aromatic heterocycles. The maximum atomic E-state index is 5.80. The van der Waals surface area contributed by atoms with Crippen molar-refractivity contribution in [2.45, 2.75) is 59.8 Å². The number of benzene rings is 1. The van der Waals surface area contributed by atoms with Crippen molar-refractivity contribution in [3.63, 3.8) is 0 Å². The fraction of sp³-hybridized carbons (Fsp3) is 0.565. The zero-order valence-corrected chi connectivity index (χ0v) is 16.6. The molecule has 0 N–H and O–H groups in total. The van der Waals surface area contributed by atoms with E-state index in [4.69, 9.17) is 9.47 Å². The van der Waals surface area contributed by atoms with Gasteiger partial charge in [0.2, 0.25) is 0 Å². The van der Waals surface area contributed by atoms with Crippen molar-refractivity contribution < 1.29 is 9.47 Å². The molecule has 1 aliphatic carbocycles. The van der Waals surface area contributed by atoms with Crippen LogP contribution in [0.1, 0.15) is 58.9 Å². The molecule has 2 nitrogen and oxygen atoms in total. The Bertz CT molecular complexity index is 610. The van der Waals surface area contributed by atoms with Gasteiger partial charge in [-0.2, -0.15) is 0 Å². The molecule has 1 aromatic carbocycles. The van der Waals surface area contributed by atoms with Crippen molar-refractivity contribution in [3.05, 3.63) is 53.1 Å². The minimum Gasteiger partial charge on any atom is -0.467 e. The third kappa shape index (κ3) is 5.22. The Morgan fingerprint density at radius 2 is 2.04 bits per heavy atom. The van der Waals surface area contributed by atoms with E-state index in [9.17, 15) is 0 Å². The summed E-state index contributed by atoms with van der Waals surface area (Å²) in [7, 11) is 1.66. The fourth-order valence-electron chi connectivity index (χ4n) is 3.88. The molecule has 0 amide bonds. The Kier molecular flexibility index (Phi) is 7.31. The molecular weight excluding hydrogens is 308 g/mol. The first-order valence-corrected chi connectivity index (χ1v) is 9.50. The normalized spacial score (nSPS) is 23.1. The topological polar surface area (TPSA) is 18.5 Å². The smallest absolute Gasteiger partial charge is 0.188 e. The predicted octanol–water partition coefficient (Wildman–Crippen LogP) is 6.32. The van der Waals surface area contributed by atoms with Crippen LogP contribution in [0, 0.1) is 11.3 Å². The van der Waals surface area contributed by atoms with Gasteiger partial charge in [0, 0.05) is 7.11 Å². The van der Waals surface area contributed by atoms with Crippen molar-refractivity contribution in [1.29, 1.82) is 0 Å². The number of ether oxygens (including phenoxy) is 2. The Morgan fingerprint density at radius 3 is 2.76 bits per heavy atom. The summed E-state index contributed by atoms with van der Waals surface area (Å²) in [6, 6.07) is 8.40. The van der Waals surface area contributed by atoms with E-state index in [1.807, 2.05) is 6.07 Å². The summed E-state index contributed by atoms with van der Waals surface area (Å²) in [5.74, 6) is 1.63. The lowest BCUT2D eigenvalue weighted by molar-refractivity contribution is 0.0498. The number of rotatable bonds is 8. The van der Waals surface area contributed by atoms with Crippen LogP contribution in [0.3, 0.4) is 0 Å². The van der Waals surface area contributed by atoms with Gasteiger partial charge >= 0.3 is 0 Å². The second kappa shape index (κ2) is 9.24. The van der Waals surface area contributed by atoms with Gasteiger partial charge in [0.1, 0.15) is 5.75 Å². The summed E-state index contributed by atoms with van der Waals surface area (Å²) in [6.45, 7) is 9.51.